The molecule has 0 saturated carbocycles. The molecule has 0 spiro atoms. The van der Waals surface area contributed by atoms with Crippen LogP contribution in [-0.2, 0) is 4.74 Å². The minimum absolute atomic E-state index is 0.0829. The Morgan fingerprint density at radius 1 is 1.03 bits per heavy atom. The topological polar surface area (TPSA) is 67.6 Å². The van der Waals surface area contributed by atoms with E-state index in [1.165, 1.54) is 22.3 Å². The molecular formula is C25H29N3O3. The summed E-state index contributed by atoms with van der Waals surface area (Å²) in [4.78, 5) is 15.2. The van der Waals surface area contributed by atoms with Crippen molar-refractivity contribution >= 4 is 5.91 Å². The number of ether oxygens (including phenoxy) is 1. The zero-order valence-corrected chi connectivity index (χ0v) is 18.4. The fourth-order valence-electron chi connectivity index (χ4n) is 3.83. The quantitative estimate of drug-likeness (QED) is 0.652. The first kappa shape index (κ1) is 21.3. The normalized spacial score (nSPS) is 15.6. The van der Waals surface area contributed by atoms with Gasteiger partial charge in [-0.2, -0.15) is 0 Å². The molecule has 31 heavy (non-hydrogen) atoms. The lowest BCUT2D eigenvalue weighted by Crippen LogP contribution is -2.43. The number of morpholine rings is 1. The lowest BCUT2D eigenvalue weighted by atomic mass is 10.0. The molecule has 6 nitrogen and oxygen atoms in total. The van der Waals surface area contributed by atoms with Crippen molar-refractivity contribution in [2.24, 2.45) is 0 Å². The largest absolute Gasteiger partial charge is 0.379 e. The molecule has 2 heterocycles. The highest BCUT2D eigenvalue weighted by Crippen LogP contribution is 2.24. The van der Waals surface area contributed by atoms with E-state index in [9.17, 15) is 4.79 Å². The Balaban J connectivity index is 1.47. The number of nitrogens with zero attached hydrogens (tertiary/aromatic N) is 2. The van der Waals surface area contributed by atoms with Crippen LogP contribution in [0.2, 0.25) is 0 Å². The van der Waals surface area contributed by atoms with Gasteiger partial charge in [-0.3, -0.25) is 9.69 Å². The molecule has 1 N–H and O–H groups in total. The number of hydrogen-bond donors (Lipinski definition) is 1. The first-order valence-corrected chi connectivity index (χ1v) is 10.7. The van der Waals surface area contributed by atoms with Gasteiger partial charge in [-0.1, -0.05) is 47.1 Å². The number of aryl methyl sites for hydroxylation is 3. The summed E-state index contributed by atoms with van der Waals surface area (Å²) in [5.74, 6) is 0.362. The summed E-state index contributed by atoms with van der Waals surface area (Å²) >= 11 is 0. The summed E-state index contributed by atoms with van der Waals surface area (Å²) in [7, 11) is 0. The molecule has 0 unspecified atom stereocenters. The molecule has 1 saturated heterocycles. The molecule has 1 amide bonds. The Bertz CT molecular complexity index is 1040. The van der Waals surface area contributed by atoms with Crippen LogP contribution in [0.3, 0.4) is 0 Å². The average Bonchev–Trinajstić information content (AvgIpc) is 3.28. The molecule has 0 aliphatic carbocycles. The number of carbonyl (C=O) groups is 1. The highest BCUT2D eigenvalue weighted by molar-refractivity contribution is 5.93. The van der Waals surface area contributed by atoms with Gasteiger partial charge >= 0.3 is 0 Å². The second kappa shape index (κ2) is 9.45. The molecule has 6 heteroatoms. The van der Waals surface area contributed by atoms with Crippen molar-refractivity contribution in [1.82, 2.24) is 15.4 Å². The minimum atomic E-state index is -0.232. The van der Waals surface area contributed by atoms with Crippen LogP contribution in [0.1, 0.15) is 38.8 Å². The van der Waals surface area contributed by atoms with Gasteiger partial charge in [-0.25, -0.2) is 0 Å². The van der Waals surface area contributed by atoms with E-state index in [-0.39, 0.29) is 17.6 Å². The predicted octanol–water partition coefficient (Wildman–Crippen LogP) is 4.07. The molecule has 3 aromatic rings. The molecule has 2 aromatic carbocycles. The third-order valence-corrected chi connectivity index (χ3v) is 5.94. The Labute approximate surface area is 183 Å². The molecule has 1 fully saturated rings. The van der Waals surface area contributed by atoms with E-state index in [0.29, 0.717) is 25.5 Å². The van der Waals surface area contributed by atoms with Crippen molar-refractivity contribution in [3.05, 3.63) is 76.5 Å². The average molecular weight is 420 g/mol. The number of hydrogen-bond acceptors (Lipinski definition) is 5. The maximum absolute atomic E-state index is 12.8. The van der Waals surface area contributed by atoms with Crippen molar-refractivity contribution < 1.29 is 14.1 Å². The van der Waals surface area contributed by atoms with Gasteiger partial charge in [0.25, 0.3) is 5.91 Å². The van der Waals surface area contributed by atoms with Crippen molar-refractivity contribution in [2.75, 3.05) is 32.8 Å². The zero-order chi connectivity index (χ0) is 21.8. The monoisotopic (exact) mass is 419 g/mol. The third-order valence-electron chi connectivity index (χ3n) is 5.94. The van der Waals surface area contributed by atoms with E-state index >= 15 is 0 Å². The molecule has 4 rings (SSSR count). The SMILES string of the molecule is Cc1ccc([C@H](CNC(=O)c2cc(-c3ccc(C)c(C)c3)on2)N2CCOCC2)cc1. The molecule has 1 atom stereocenters. The third kappa shape index (κ3) is 5.03. The maximum atomic E-state index is 12.8. The molecule has 1 aliphatic heterocycles. The second-order valence-electron chi connectivity index (χ2n) is 8.16. The van der Waals surface area contributed by atoms with Gasteiger partial charge in [0.05, 0.1) is 19.3 Å². The summed E-state index contributed by atoms with van der Waals surface area (Å²) < 4.78 is 11.0. The summed E-state index contributed by atoms with van der Waals surface area (Å²) in [6.07, 6.45) is 0. The van der Waals surface area contributed by atoms with Crippen LogP contribution in [0.25, 0.3) is 11.3 Å². The van der Waals surface area contributed by atoms with Crippen LogP contribution >= 0.6 is 0 Å². The first-order chi connectivity index (χ1) is 15.0. The van der Waals surface area contributed by atoms with Crippen molar-refractivity contribution in [2.45, 2.75) is 26.8 Å². The fraction of sp³-hybridized carbons (Fsp3) is 0.360. The van der Waals surface area contributed by atoms with Crippen LogP contribution in [0.4, 0.5) is 0 Å². The fourth-order valence-corrected chi connectivity index (χ4v) is 3.83. The summed E-state index contributed by atoms with van der Waals surface area (Å²) in [6.45, 7) is 9.79. The van der Waals surface area contributed by atoms with Gasteiger partial charge in [-0.15, -0.1) is 0 Å². The van der Waals surface area contributed by atoms with Gasteiger partial charge in [0.2, 0.25) is 0 Å². The highest BCUT2D eigenvalue weighted by Gasteiger charge is 2.24. The van der Waals surface area contributed by atoms with Crippen molar-refractivity contribution in [3.63, 3.8) is 0 Å². The molecule has 162 valence electrons. The zero-order valence-electron chi connectivity index (χ0n) is 18.4. The Hall–Kier alpha value is -2.96. The Morgan fingerprint density at radius 2 is 1.77 bits per heavy atom. The minimum Gasteiger partial charge on any atom is -0.379 e. The van der Waals surface area contributed by atoms with Crippen LogP contribution < -0.4 is 5.32 Å². The Kier molecular flexibility index (Phi) is 6.49. The van der Waals surface area contributed by atoms with E-state index in [2.05, 4.69) is 60.4 Å². The second-order valence-corrected chi connectivity index (χ2v) is 8.16. The predicted molar refractivity (Wildman–Crippen MR) is 120 cm³/mol. The van der Waals surface area contributed by atoms with Gasteiger partial charge in [0.15, 0.2) is 11.5 Å². The number of amides is 1. The summed E-state index contributed by atoms with van der Waals surface area (Å²) in [5.41, 5.74) is 6.00. The molecule has 1 aromatic heterocycles. The smallest absolute Gasteiger partial charge is 0.273 e. The number of benzene rings is 2. The number of rotatable bonds is 6. The lowest BCUT2D eigenvalue weighted by molar-refractivity contribution is 0.0162. The highest BCUT2D eigenvalue weighted by atomic mass is 16.5. The van der Waals surface area contributed by atoms with E-state index in [0.717, 1.165) is 18.7 Å². The van der Waals surface area contributed by atoms with E-state index in [4.69, 9.17) is 9.26 Å². The van der Waals surface area contributed by atoms with Gasteiger partial charge < -0.3 is 14.6 Å². The standard InChI is InChI=1S/C25H29N3O3/c1-17-4-7-20(8-5-17)23(28-10-12-30-13-11-28)16-26-25(29)22-15-24(31-27-22)21-9-6-18(2)19(3)14-21/h4-9,14-15,23H,10-13,16H2,1-3H3,(H,26,29)/t23-/m0/s1. The molecule has 0 radical (unpaired) electrons. The van der Waals surface area contributed by atoms with Crippen molar-refractivity contribution in [3.8, 4) is 11.3 Å². The summed E-state index contributed by atoms with van der Waals surface area (Å²) in [6, 6.07) is 16.3. The van der Waals surface area contributed by atoms with Gasteiger partial charge in [0.1, 0.15) is 0 Å². The van der Waals surface area contributed by atoms with E-state index < -0.39 is 0 Å². The van der Waals surface area contributed by atoms with E-state index in [1.807, 2.05) is 18.2 Å². The molecule has 0 bridgehead atoms. The van der Waals surface area contributed by atoms with E-state index in [1.54, 1.807) is 6.07 Å². The van der Waals surface area contributed by atoms with Crippen molar-refractivity contribution in [1.29, 1.82) is 0 Å². The van der Waals surface area contributed by atoms with Crippen LogP contribution in [0.15, 0.2) is 53.1 Å². The molecule has 1 aliphatic rings. The molecular weight excluding hydrogens is 390 g/mol. The van der Waals surface area contributed by atoms with Gasteiger partial charge in [-0.05, 0) is 43.5 Å². The van der Waals surface area contributed by atoms with Crippen LogP contribution in [-0.4, -0.2) is 48.8 Å². The van der Waals surface area contributed by atoms with Crippen LogP contribution in [0.5, 0.6) is 0 Å². The lowest BCUT2D eigenvalue weighted by Gasteiger charge is -2.35. The number of aromatic nitrogens is 1. The Morgan fingerprint density at radius 3 is 2.48 bits per heavy atom. The summed E-state index contributed by atoms with van der Waals surface area (Å²) in [5, 5.41) is 7.05. The number of nitrogens with one attached hydrogen (secondary N) is 1. The first-order valence-electron chi connectivity index (χ1n) is 10.7. The number of carbonyl (C=O) groups excluding carboxylic acids is 1. The van der Waals surface area contributed by atoms with Crippen LogP contribution in [0, 0.1) is 20.8 Å². The maximum Gasteiger partial charge on any atom is 0.273 e. The van der Waals surface area contributed by atoms with Gasteiger partial charge in [0, 0.05) is 31.3 Å².